The normalized spacial score (nSPS) is 11.7. The zero-order valence-electron chi connectivity index (χ0n) is 14.1. The Morgan fingerprint density at radius 1 is 1.13 bits per heavy atom. The van der Waals surface area contributed by atoms with Crippen LogP contribution < -0.4 is 10.6 Å². The van der Waals surface area contributed by atoms with Gasteiger partial charge in [-0.15, -0.1) is 0 Å². The van der Waals surface area contributed by atoms with Gasteiger partial charge < -0.3 is 15.5 Å². The van der Waals surface area contributed by atoms with Crippen molar-refractivity contribution >= 4 is 21.4 Å². The highest BCUT2D eigenvalue weighted by molar-refractivity contribution is 7.90. The number of carbonyl (C=O) groups excluding carboxylic acids is 1. The maximum Gasteiger partial charge on any atom is 0.238 e. The van der Waals surface area contributed by atoms with Gasteiger partial charge in [0.25, 0.3) is 0 Å². The van der Waals surface area contributed by atoms with E-state index in [9.17, 15) is 13.2 Å². The summed E-state index contributed by atoms with van der Waals surface area (Å²) in [4.78, 5) is 14.4. The van der Waals surface area contributed by atoms with Gasteiger partial charge in [0.1, 0.15) is 0 Å². The summed E-state index contributed by atoms with van der Waals surface area (Å²) in [5.74, 6) is -0.139. The minimum atomic E-state index is -3.21. The largest absolute Gasteiger partial charge is 0.325 e. The summed E-state index contributed by atoms with van der Waals surface area (Å²) in [7, 11) is -3.21. The van der Waals surface area contributed by atoms with Gasteiger partial charge in [0.15, 0.2) is 9.84 Å². The Balaban J connectivity index is 2.29. The number of carbonyl (C=O) groups is 1. The van der Waals surface area contributed by atoms with Crippen LogP contribution in [0.25, 0.3) is 0 Å². The zero-order valence-corrected chi connectivity index (χ0v) is 14.9. The molecule has 130 valence electrons. The van der Waals surface area contributed by atoms with Crippen LogP contribution in [-0.2, 0) is 14.6 Å². The maximum atomic E-state index is 11.8. The molecule has 23 heavy (non-hydrogen) atoms. The van der Waals surface area contributed by atoms with Crippen LogP contribution in [0.15, 0.2) is 29.2 Å². The van der Waals surface area contributed by atoms with Crippen LogP contribution in [-0.4, -0.2) is 58.2 Å². The number of amides is 1. The van der Waals surface area contributed by atoms with E-state index < -0.39 is 9.84 Å². The Hall–Kier alpha value is -1.44. The predicted octanol–water partition coefficient (Wildman–Crippen LogP) is 1.35. The number of hydrogen-bond acceptors (Lipinski definition) is 5. The second kappa shape index (κ2) is 9.64. The number of benzene rings is 1. The van der Waals surface area contributed by atoms with Gasteiger partial charge >= 0.3 is 0 Å². The van der Waals surface area contributed by atoms with E-state index in [0.29, 0.717) is 5.69 Å². The molecule has 0 aliphatic carbocycles. The van der Waals surface area contributed by atoms with Crippen molar-refractivity contribution in [1.82, 2.24) is 10.2 Å². The minimum absolute atomic E-state index is 0.139. The standard InChI is InChI=1S/C16H27N3O3S/c1-4-19(5-2)12-6-11-17-13-16(20)18-14-7-9-15(10-8-14)23(3,21)22/h7-10,17H,4-6,11-13H2,1-3H3,(H,18,20). The highest BCUT2D eigenvalue weighted by Gasteiger charge is 2.07. The second-order valence-corrected chi connectivity index (χ2v) is 7.42. The number of nitrogens with zero attached hydrogens (tertiary/aromatic N) is 1. The lowest BCUT2D eigenvalue weighted by atomic mass is 10.3. The molecule has 1 amide bonds. The monoisotopic (exact) mass is 341 g/mol. The molecule has 0 aromatic heterocycles. The minimum Gasteiger partial charge on any atom is -0.325 e. The summed E-state index contributed by atoms with van der Waals surface area (Å²) in [5, 5.41) is 5.85. The summed E-state index contributed by atoms with van der Waals surface area (Å²) in [6.45, 7) is 8.41. The predicted molar refractivity (Wildman–Crippen MR) is 93.5 cm³/mol. The lowest BCUT2D eigenvalue weighted by Crippen LogP contribution is -2.31. The fourth-order valence-electron chi connectivity index (χ4n) is 2.16. The SMILES string of the molecule is CCN(CC)CCCNCC(=O)Nc1ccc(S(C)(=O)=O)cc1. The van der Waals surface area contributed by atoms with Crippen molar-refractivity contribution in [3.05, 3.63) is 24.3 Å². The molecule has 0 aliphatic rings. The lowest BCUT2D eigenvalue weighted by Gasteiger charge is -2.17. The smallest absolute Gasteiger partial charge is 0.238 e. The summed E-state index contributed by atoms with van der Waals surface area (Å²) >= 11 is 0. The molecule has 0 saturated heterocycles. The van der Waals surface area contributed by atoms with Crippen LogP contribution in [0.5, 0.6) is 0 Å². The Morgan fingerprint density at radius 2 is 1.74 bits per heavy atom. The van der Waals surface area contributed by atoms with Crippen molar-refractivity contribution in [2.45, 2.75) is 25.2 Å². The van der Waals surface area contributed by atoms with Gasteiger partial charge in [-0.05, 0) is 56.9 Å². The van der Waals surface area contributed by atoms with Crippen LogP contribution in [0.3, 0.4) is 0 Å². The van der Waals surface area contributed by atoms with Crippen LogP contribution in [0, 0.1) is 0 Å². The Kier molecular flexibility index (Phi) is 8.22. The molecule has 0 bridgehead atoms. The van der Waals surface area contributed by atoms with Crippen molar-refractivity contribution in [3.8, 4) is 0 Å². The summed E-state index contributed by atoms with van der Waals surface area (Å²) in [6, 6.07) is 6.16. The highest BCUT2D eigenvalue weighted by Crippen LogP contribution is 2.13. The average molecular weight is 341 g/mol. The molecule has 1 rings (SSSR count). The van der Waals surface area contributed by atoms with Crippen LogP contribution in [0.1, 0.15) is 20.3 Å². The number of anilines is 1. The molecule has 0 fully saturated rings. The molecule has 6 nitrogen and oxygen atoms in total. The number of nitrogens with one attached hydrogen (secondary N) is 2. The molecular weight excluding hydrogens is 314 g/mol. The Bertz CT molecular complexity index is 581. The molecular formula is C16H27N3O3S. The first-order valence-electron chi connectivity index (χ1n) is 7.89. The molecule has 7 heteroatoms. The topological polar surface area (TPSA) is 78.5 Å². The van der Waals surface area contributed by atoms with Crippen LogP contribution >= 0.6 is 0 Å². The first kappa shape index (κ1) is 19.6. The van der Waals surface area contributed by atoms with E-state index in [1.807, 2.05) is 0 Å². The van der Waals surface area contributed by atoms with Gasteiger partial charge in [0, 0.05) is 11.9 Å². The van der Waals surface area contributed by atoms with E-state index in [-0.39, 0.29) is 17.3 Å². The molecule has 0 spiro atoms. The van der Waals surface area contributed by atoms with E-state index in [0.717, 1.165) is 38.9 Å². The summed E-state index contributed by atoms with van der Waals surface area (Å²) in [6.07, 6.45) is 2.15. The molecule has 2 N–H and O–H groups in total. The molecule has 0 heterocycles. The fourth-order valence-corrected chi connectivity index (χ4v) is 2.79. The molecule has 0 radical (unpaired) electrons. The first-order valence-corrected chi connectivity index (χ1v) is 9.79. The quantitative estimate of drug-likeness (QED) is 0.628. The van der Waals surface area contributed by atoms with Crippen molar-refractivity contribution in [3.63, 3.8) is 0 Å². The third kappa shape index (κ3) is 7.58. The van der Waals surface area contributed by atoms with Crippen molar-refractivity contribution < 1.29 is 13.2 Å². The van der Waals surface area contributed by atoms with Gasteiger partial charge in [-0.2, -0.15) is 0 Å². The molecule has 1 aromatic carbocycles. The number of hydrogen-bond donors (Lipinski definition) is 2. The first-order chi connectivity index (χ1) is 10.9. The lowest BCUT2D eigenvalue weighted by molar-refractivity contribution is -0.115. The van der Waals surface area contributed by atoms with E-state index in [2.05, 4.69) is 29.4 Å². The third-order valence-electron chi connectivity index (χ3n) is 3.57. The van der Waals surface area contributed by atoms with Crippen molar-refractivity contribution in [1.29, 1.82) is 0 Å². The number of rotatable bonds is 10. The average Bonchev–Trinajstić information content (AvgIpc) is 2.50. The fraction of sp³-hybridized carbons (Fsp3) is 0.562. The van der Waals surface area contributed by atoms with Crippen molar-refractivity contribution in [2.24, 2.45) is 0 Å². The van der Waals surface area contributed by atoms with Gasteiger partial charge in [-0.3, -0.25) is 4.79 Å². The van der Waals surface area contributed by atoms with E-state index in [1.54, 1.807) is 12.1 Å². The summed E-state index contributed by atoms with van der Waals surface area (Å²) < 4.78 is 22.7. The second-order valence-electron chi connectivity index (χ2n) is 5.40. The van der Waals surface area contributed by atoms with Crippen LogP contribution in [0.4, 0.5) is 5.69 Å². The van der Waals surface area contributed by atoms with E-state index in [4.69, 9.17) is 0 Å². The molecule has 0 atom stereocenters. The van der Waals surface area contributed by atoms with E-state index >= 15 is 0 Å². The van der Waals surface area contributed by atoms with Gasteiger partial charge in [-0.1, -0.05) is 13.8 Å². The van der Waals surface area contributed by atoms with E-state index in [1.165, 1.54) is 12.1 Å². The number of sulfone groups is 1. The molecule has 0 aliphatic heterocycles. The van der Waals surface area contributed by atoms with Crippen LogP contribution in [0.2, 0.25) is 0 Å². The highest BCUT2D eigenvalue weighted by atomic mass is 32.2. The van der Waals surface area contributed by atoms with Gasteiger partial charge in [-0.25, -0.2) is 8.42 Å². The summed E-state index contributed by atoms with van der Waals surface area (Å²) in [5.41, 5.74) is 0.590. The third-order valence-corrected chi connectivity index (χ3v) is 4.70. The molecule has 1 aromatic rings. The molecule has 0 unspecified atom stereocenters. The van der Waals surface area contributed by atoms with Gasteiger partial charge in [0.05, 0.1) is 11.4 Å². The maximum absolute atomic E-state index is 11.8. The van der Waals surface area contributed by atoms with Crippen molar-refractivity contribution in [2.75, 3.05) is 44.3 Å². The Morgan fingerprint density at radius 3 is 2.26 bits per heavy atom. The molecule has 0 saturated carbocycles. The van der Waals surface area contributed by atoms with Gasteiger partial charge in [0.2, 0.25) is 5.91 Å². The zero-order chi connectivity index (χ0) is 17.3. The Labute approximate surface area is 139 Å².